The van der Waals surface area contributed by atoms with Crippen LogP contribution in [0.3, 0.4) is 0 Å². The molecule has 28 heavy (non-hydrogen) atoms. The minimum Gasteiger partial charge on any atom is -0.457 e. The predicted molar refractivity (Wildman–Crippen MR) is 107 cm³/mol. The molecule has 1 aromatic heterocycles. The van der Waals surface area contributed by atoms with E-state index in [4.69, 9.17) is 4.74 Å². The molecule has 2 aromatic carbocycles. The van der Waals surface area contributed by atoms with Gasteiger partial charge in [0.2, 0.25) is 5.91 Å². The Balaban J connectivity index is 1.48. The fourth-order valence-electron chi connectivity index (χ4n) is 4.43. The van der Waals surface area contributed by atoms with Gasteiger partial charge in [0.15, 0.2) is 0 Å². The third-order valence-corrected chi connectivity index (χ3v) is 5.81. The van der Waals surface area contributed by atoms with Crippen molar-refractivity contribution >= 4 is 5.91 Å². The number of hydrogen-bond acceptors (Lipinski definition) is 3. The lowest BCUT2D eigenvalue weighted by molar-refractivity contribution is -0.133. The number of aryl methyl sites for hydroxylation is 1. The lowest BCUT2D eigenvalue weighted by Gasteiger charge is -2.36. The van der Waals surface area contributed by atoms with E-state index in [1.807, 2.05) is 71.4 Å². The van der Waals surface area contributed by atoms with Crippen LogP contribution in [-0.2, 0) is 11.8 Å². The quantitative estimate of drug-likeness (QED) is 0.680. The van der Waals surface area contributed by atoms with E-state index >= 15 is 0 Å². The minimum atomic E-state index is -0.316. The van der Waals surface area contributed by atoms with Gasteiger partial charge in [-0.2, -0.15) is 5.10 Å². The standard InChI is InChI=1S/C23H23N3O2/c1-25-14-12-19(24-25)16-7-6-13-26(15-16)23(27)22-17-8-2-4-10-20(17)28-21-11-5-3-9-18(21)22/h2-5,8-12,14,16,22H,6-7,13,15H2,1H3. The predicted octanol–water partition coefficient (Wildman–Crippen LogP) is 4.06. The number of rotatable bonds is 2. The van der Waals surface area contributed by atoms with E-state index < -0.39 is 0 Å². The second-order valence-electron chi connectivity index (χ2n) is 7.65. The molecule has 1 amide bonds. The number of ether oxygens (including phenoxy) is 1. The summed E-state index contributed by atoms with van der Waals surface area (Å²) in [5.74, 6) is 1.69. The number of carbonyl (C=O) groups excluding carboxylic acids is 1. The van der Waals surface area contributed by atoms with Gasteiger partial charge in [-0.15, -0.1) is 0 Å². The Morgan fingerprint density at radius 3 is 2.36 bits per heavy atom. The van der Waals surface area contributed by atoms with Crippen LogP contribution in [0.1, 0.15) is 41.5 Å². The van der Waals surface area contributed by atoms with Crippen LogP contribution in [0.5, 0.6) is 11.5 Å². The molecule has 0 radical (unpaired) electrons. The number of amides is 1. The van der Waals surface area contributed by atoms with E-state index in [-0.39, 0.29) is 11.8 Å². The molecule has 0 aliphatic carbocycles. The highest BCUT2D eigenvalue weighted by molar-refractivity contribution is 5.89. The first-order valence-corrected chi connectivity index (χ1v) is 9.85. The summed E-state index contributed by atoms with van der Waals surface area (Å²) in [6.07, 6.45) is 4.04. The molecule has 1 unspecified atom stereocenters. The van der Waals surface area contributed by atoms with Gasteiger partial charge in [-0.25, -0.2) is 0 Å². The normalized spacial score (nSPS) is 18.9. The number of fused-ring (bicyclic) bond motifs is 2. The summed E-state index contributed by atoms with van der Waals surface area (Å²) >= 11 is 0. The third-order valence-electron chi connectivity index (χ3n) is 5.81. The average molecular weight is 373 g/mol. The van der Waals surface area contributed by atoms with Crippen molar-refractivity contribution < 1.29 is 9.53 Å². The zero-order valence-electron chi connectivity index (χ0n) is 15.9. The highest BCUT2D eigenvalue weighted by atomic mass is 16.5. The largest absolute Gasteiger partial charge is 0.457 e. The number of piperidine rings is 1. The van der Waals surface area contributed by atoms with Crippen LogP contribution in [-0.4, -0.2) is 33.7 Å². The van der Waals surface area contributed by atoms with Gasteiger partial charge in [0.1, 0.15) is 11.5 Å². The molecule has 3 aromatic rings. The van der Waals surface area contributed by atoms with E-state index in [0.717, 1.165) is 54.3 Å². The van der Waals surface area contributed by atoms with Crippen molar-refractivity contribution in [2.45, 2.75) is 24.7 Å². The Morgan fingerprint density at radius 2 is 1.71 bits per heavy atom. The van der Waals surface area contributed by atoms with Gasteiger partial charge in [-0.3, -0.25) is 9.48 Å². The first-order chi connectivity index (χ1) is 13.7. The molecule has 1 saturated heterocycles. The second kappa shape index (κ2) is 6.82. The van der Waals surface area contributed by atoms with Crippen molar-refractivity contribution in [2.75, 3.05) is 13.1 Å². The highest BCUT2D eigenvalue weighted by Crippen LogP contribution is 2.45. The molecule has 0 saturated carbocycles. The summed E-state index contributed by atoms with van der Waals surface area (Å²) in [5.41, 5.74) is 2.98. The van der Waals surface area contributed by atoms with Crippen LogP contribution < -0.4 is 4.74 Å². The number of aromatic nitrogens is 2. The number of benzene rings is 2. The lowest BCUT2D eigenvalue weighted by atomic mass is 9.85. The van der Waals surface area contributed by atoms with E-state index in [0.29, 0.717) is 5.92 Å². The summed E-state index contributed by atoms with van der Waals surface area (Å²) in [6, 6.07) is 17.8. The minimum absolute atomic E-state index is 0.156. The summed E-state index contributed by atoms with van der Waals surface area (Å²) in [6.45, 7) is 1.52. The Morgan fingerprint density at radius 1 is 1.04 bits per heavy atom. The van der Waals surface area contributed by atoms with Crippen LogP contribution in [0, 0.1) is 0 Å². The molecular formula is C23H23N3O2. The van der Waals surface area contributed by atoms with Gasteiger partial charge in [0, 0.05) is 43.4 Å². The summed E-state index contributed by atoms with van der Waals surface area (Å²) in [4.78, 5) is 15.7. The molecule has 0 bridgehead atoms. The van der Waals surface area contributed by atoms with Crippen LogP contribution in [0.15, 0.2) is 60.8 Å². The van der Waals surface area contributed by atoms with E-state index in [9.17, 15) is 4.79 Å². The molecular weight excluding hydrogens is 350 g/mol. The summed E-state index contributed by atoms with van der Waals surface area (Å²) < 4.78 is 7.89. The average Bonchev–Trinajstić information content (AvgIpc) is 3.18. The molecule has 2 aliphatic rings. The van der Waals surface area contributed by atoms with Crippen molar-refractivity contribution in [3.63, 3.8) is 0 Å². The van der Waals surface area contributed by atoms with Crippen molar-refractivity contribution in [1.82, 2.24) is 14.7 Å². The van der Waals surface area contributed by atoms with Gasteiger partial charge < -0.3 is 9.64 Å². The lowest BCUT2D eigenvalue weighted by Crippen LogP contribution is -2.42. The SMILES string of the molecule is Cn1ccc(C2CCCN(C(=O)C3c4ccccc4Oc4ccccc43)C2)n1. The molecule has 3 heterocycles. The number of para-hydroxylation sites is 2. The van der Waals surface area contributed by atoms with Crippen LogP contribution in [0.2, 0.25) is 0 Å². The van der Waals surface area contributed by atoms with Gasteiger partial charge >= 0.3 is 0 Å². The van der Waals surface area contributed by atoms with Crippen LogP contribution in [0.25, 0.3) is 0 Å². The molecule has 1 fully saturated rings. The van der Waals surface area contributed by atoms with Crippen LogP contribution in [0.4, 0.5) is 0 Å². The topological polar surface area (TPSA) is 47.4 Å². The number of nitrogens with zero attached hydrogens (tertiary/aromatic N) is 3. The monoisotopic (exact) mass is 373 g/mol. The van der Waals surface area contributed by atoms with Gasteiger partial charge in [-0.1, -0.05) is 36.4 Å². The van der Waals surface area contributed by atoms with Gasteiger partial charge in [0.25, 0.3) is 0 Å². The zero-order chi connectivity index (χ0) is 19.1. The summed E-state index contributed by atoms with van der Waals surface area (Å²) in [5, 5.41) is 4.57. The maximum Gasteiger partial charge on any atom is 0.234 e. The molecule has 0 N–H and O–H groups in total. The highest BCUT2D eigenvalue weighted by Gasteiger charge is 2.37. The second-order valence-corrected chi connectivity index (χ2v) is 7.65. The maximum absolute atomic E-state index is 13.7. The molecule has 1 atom stereocenters. The molecule has 5 heteroatoms. The van der Waals surface area contributed by atoms with Gasteiger partial charge in [-0.05, 0) is 31.0 Å². The Bertz CT molecular complexity index is 980. The Kier molecular flexibility index (Phi) is 4.15. The third kappa shape index (κ3) is 2.87. The molecule has 142 valence electrons. The maximum atomic E-state index is 13.7. The molecule has 5 nitrogen and oxygen atoms in total. The van der Waals surface area contributed by atoms with E-state index in [1.54, 1.807) is 0 Å². The Labute approximate surface area is 164 Å². The fourth-order valence-corrected chi connectivity index (χ4v) is 4.43. The molecule has 5 rings (SSSR count). The van der Waals surface area contributed by atoms with Crippen molar-refractivity contribution in [3.05, 3.63) is 77.6 Å². The zero-order valence-corrected chi connectivity index (χ0v) is 15.9. The Hall–Kier alpha value is -3.08. The van der Waals surface area contributed by atoms with Crippen molar-refractivity contribution in [1.29, 1.82) is 0 Å². The van der Waals surface area contributed by atoms with Gasteiger partial charge in [0.05, 0.1) is 11.6 Å². The number of carbonyl (C=O) groups is 1. The van der Waals surface area contributed by atoms with Crippen molar-refractivity contribution in [2.24, 2.45) is 7.05 Å². The smallest absolute Gasteiger partial charge is 0.234 e. The first-order valence-electron chi connectivity index (χ1n) is 9.85. The molecule has 0 spiro atoms. The van der Waals surface area contributed by atoms with E-state index in [2.05, 4.69) is 11.2 Å². The van der Waals surface area contributed by atoms with Crippen LogP contribution >= 0.6 is 0 Å². The number of hydrogen-bond donors (Lipinski definition) is 0. The first kappa shape index (κ1) is 17.0. The summed E-state index contributed by atoms with van der Waals surface area (Å²) in [7, 11) is 1.94. The van der Waals surface area contributed by atoms with E-state index in [1.165, 1.54) is 0 Å². The van der Waals surface area contributed by atoms with Crippen molar-refractivity contribution in [3.8, 4) is 11.5 Å². The molecule has 2 aliphatic heterocycles. The number of likely N-dealkylation sites (tertiary alicyclic amines) is 1. The fraction of sp³-hybridized carbons (Fsp3) is 0.304.